The molecule has 28 heavy (non-hydrogen) atoms. The molecule has 0 spiro atoms. The SMILES string of the molecule is CCOc1cccc(OCCN2COc3ccccc3C2=O)c1OC(=O)CC. The Hall–Kier alpha value is -3.22. The summed E-state index contributed by atoms with van der Waals surface area (Å²) in [5, 5.41) is 0. The molecule has 0 bridgehead atoms. The summed E-state index contributed by atoms with van der Waals surface area (Å²) in [6, 6.07) is 12.3. The molecule has 0 unspecified atom stereocenters. The average Bonchev–Trinajstić information content (AvgIpc) is 2.72. The van der Waals surface area contributed by atoms with Gasteiger partial charge in [-0.3, -0.25) is 9.59 Å². The van der Waals surface area contributed by atoms with Crippen LogP contribution in [0.4, 0.5) is 0 Å². The van der Waals surface area contributed by atoms with Crippen LogP contribution in [-0.4, -0.2) is 43.3 Å². The van der Waals surface area contributed by atoms with Crippen LogP contribution < -0.4 is 18.9 Å². The van der Waals surface area contributed by atoms with Gasteiger partial charge in [0.25, 0.3) is 5.91 Å². The molecule has 3 rings (SSSR count). The number of nitrogens with zero attached hydrogens (tertiary/aromatic N) is 1. The highest BCUT2D eigenvalue weighted by atomic mass is 16.6. The fourth-order valence-electron chi connectivity index (χ4n) is 2.74. The number of rotatable bonds is 8. The first-order valence-corrected chi connectivity index (χ1v) is 9.24. The fraction of sp³-hybridized carbons (Fsp3) is 0.333. The third kappa shape index (κ3) is 4.36. The molecule has 1 amide bonds. The molecule has 0 N–H and O–H groups in total. The maximum absolute atomic E-state index is 12.6. The standard InChI is InChI=1S/C21H23NO6/c1-3-19(23)28-20-17(25-4-2)10-7-11-18(20)26-13-12-22-14-27-16-9-6-5-8-15(16)21(22)24/h5-11H,3-4,12-14H2,1-2H3. The van der Waals surface area contributed by atoms with E-state index >= 15 is 0 Å². The van der Waals surface area contributed by atoms with E-state index in [0.29, 0.717) is 36.0 Å². The minimum atomic E-state index is -0.381. The third-order valence-electron chi connectivity index (χ3n) is 4.15. The smallest absolute Gasteiger partial charge is 0.311 e. The van der Waals surface area contributed by atoms with Crippen molar-refractivity contribution in [1.82, 2.24) is 4.90 Å². The maximum Gasteiger partial charge on any atom is 0.311 e. The van der Waals surface area contributed by atoms with Crippen LogP contribution in [0.3, 0.4) is 0 Å². The fourth-order valence-corrected chi connectivity index (χ4v) is 2.74. The molecule has 7 nitrogen and oxygen atoms in total. The number of ether oxygens (including phenoxy) is 4. The van der Waals surface area contributed by atoms with Crippen molar-refractivity contribution in [1.29, 1.82) is 0 Å². The number of carbonyl (C=O) groups excluding carboxylic acids is 2. The van der Waals surface area contributed by atoms with Crippen LogP contribution in [0.1, 0.15) is 30.6 Å². The lowest BCUT2D eigenvalue weighted by Gasteiger charge is -2.28. The highest BCUT2D eigenvalue weighted by Gasteiger charge is 2.25. The summed E-state index contributed by atoms with van der Waals surface area (Å²) in [5.74, 6) is 1.18. The van der Waals surface area contributed by atoms with Crippen molar-refractivity contribution in [2.24, 2.45) is 0 Å². The number of hydrogen-bond donors (Lipinski definition) is 0. The van der Waals surface area contributed by atoms with Gasteiger partial charge in [0.2, 0.25) is 5.75 Å². The number of esters is 1. The van der Waals surface area contributed by atoms with E-state index in [4.69, 9.17) is 18.9 Å². The van der Waals surface area contributed by atoms with Crippen LogP contribution in [0.2, 0.25) is 0 Å². The quantitative estimate of drug-likeness (QED) is 0.513. The molecule has 0 aliphatic carbocycles. The molecule has 0 atom stereocenters. The van der Waals surface area contributed by atoms with E-state index in [1.54, 1.807) is 48.2 Å². The van der Waals surface area contributed by atoms with E-state index in [2.05, 4.69) is 0 Å². The first kappa shape index (κ1) is 19.5. The number of amides is 1. The van der Waals surface area contributed by atoms with E-state index in [-0.39, 0.29) is 37.4 Å². The van der Waals surface area contributed by atoms with Gasteiger partial charge in [-0.05, 0) is 31.2 Å². The van der Waals surface area contributed by atoms with Crippen LogP contribution in [-0.2, 0) is 4.79 Å². The largest absolute Gasteiger partial charge is 0.490 e. The summed E-state index contributed by atoms with van der Waals surface area (Å²) < 4.78 is 22.3. The van der Waals surface area contributed by atoms with E-state index in [1.165, 1.54) is 0 Å². The molecule has 0 saturated heterocycles. The highest BCUT2D eigenvalue weighted by Crippen LogP contribution is 2.37. The van der Waals surface area contributed by atoms with Crippen LogP contribution >= 0.6 is 0 Å². The van der Waals surface area contributed by atoms with Gasteiger partial charge in [0.1, 0.15) is 12.4 Å². The van der Waals surface area contributed by atoms with Gasteiger partial charge < -0.3 is 23.8 Å². The Balaban J connectivity index is 1.67. The first-order valence-electron chi connectivity index (χ1n) is 9.24. The Bertz CT molecular complexity index is 851. The van der Waals surface area contributed by atoms with Crippen LogP contribution in [0, 0.1) is 0 Å². The molecule has 148 valence electrons. The number of fused-ring (bicyclic) bond motifs is 1. The predicted octanol–water partition coefficient (Wildman–Crippen LogP) is 3.27. The van der Waals surface area contributed by atoms with E-state index in [0.717, 1.165) is 0 Å². The Labute approximate surface area is 163 Å². The van der Waals surface area contributed by atoms with Crippen molar-refractivity contribution in [2.75, 3.05) is 26.5 Å². The summed E-state index contributed by atoms with van der Waals surface area (Å²) in [6.45, 7) is 4.69. The zero-order chi connectivity index (χ0) is 19.9. The van der Waals surface area contributed by atoms with Crippen LogP contribution in [0.15, 0.2) is 42.5 Å². The first-order chi connectivity index (χ1) is 13.6. The van der Waals surface area contributed by atoms with Gasteiger partial charge in [0.15, 0.2) is 18.2 Å². The molecule has 2 aromatic rings. The lowest BCUT2D eigenvalue weighted by molar-refractivity contribution is -0.134. The van der Waals surface area contributed by atoms with E-state index < -0.39 is 0 Å². The summed E-state index contributed by atoms with van der Waals surface area (Å²) in [4.78, 5) is 25.9. The topological polar surface area (TPSA) is 74.3 Å². The number of carbonyl (C=O) groups is 2. The molecule has 7 heteroatoms. The van der Waals surface area contributed by atoms with E-state index in [1.807, 2.05) is 13.0 Å². The second-order valence-electron chi connectivity index (χ2n) is 6.03. The molecule has 0 fully saturated rings. The Morgan fingerprint density at radius 3 is 2.57 bits per heavy atom. The highest BCUT2D eigenvalue weighted by molar-refractivity contribution is 5.97. The van der Waals surface area contributed by atoms with Crippen molar-refractivity contribution in [3.8, 4) is 23.0 Å². The van der Waals surface area contributed by atoms with E-state index in [9.17, 15) is 9.59 Å². The minimum absolute atomic E-state index is 0.105. The van der Waals surface area contributed by atoms with Gasteiger partial charge in [-0.25, -0.2) is 0 Å². The second-order valence-corrected chi connectivity index (χ2v) is 6.03. The van der Waals surface area contributed by atoms with Gasteiger partial charge in [0, 0.05) is 6.42 Å². The summed E-state index contributed by atoms with van der Waals surface area (Å²) >= 11 is 0. The summed E-state index contributed by atoms with van der Waals surface area (Å²) in [5.41, 5.74) is 0.532. The molecular weight excluding hydrogens is 362 g/mol. The maximum atomic E-state index is 12.6. The molecule has 1 aliphatic heterocycles. The van der Waals surface area contributed by atoms with Gasteiger partial charge in [-0.2, -0.15) is 0 Å². The van der Waals surface area contributed by atoms with Gasteiger partial charge >= 0.3 is 5.97 Å². The molecule has 0 radical (unpaired) electrons. The zero-order valence-corrected chi connectivity index (χ0v) is 16.0. The van der Waals surface area contributed by atoms with Crippen molar-refractivity contribution in [2.45, 2.75) is 20.3 Å². The zero-order valence-electron chi connectivity index (χ0n) is 16.0. The molecule has 1 aliphatic rings. The van der Waals surface area contributed by atoms with Gasteiger partial charge in [-0.15, -0.1) is 0 Å². The molecule has 0 aromatic heterocycles. The number of benzene rings is 2. The van der Waals surface area contributed by atoms with Crippen molar-refractivity contribution in [3.63, 3.8) is 0 Å². The Morgan fingerprint density at radius 2 is 1.82 bits per heavy atom. The lowest BCUT2D eigenvalue weighted by atomic mass is 10.1. The normalized spacial score (nSPS) is 12.8. The Morgan fingerprint density at radius 1 is 1.07 bits per heavy atom. The van der Waals surface area contributed by atoms with Crippen molar-refractivity contribution in [3.05, 3.63) is 48.0 Å². The molecular formula is C21H23NO6. The van der Waals surface area contributed by atoms with Crippen molar-refractivity contribution >= 4 is 11.9 Å². The molecule has 0 saturated carbocycles. The third-order valence-corrected chi connectivity index (χ3v) is 4.15. The minimum Gasteiger partial charge on any atom is -0.490 e. The lowest BCUT2D eigenvalue weighted by Crippen LogP contribution is -2.40. The average molecular weight is 385 g/mol. The predicted molar refractivity (Wildman–Crippen MR) is 102 cm³/mol. The molecule has 1 heterocycles. The second kappa shape index (κ2) is 9.12. The number of para-hydroxylation sites is 2. The van der Waals surface area contributed by atoms with Gasteiger partial charge in [-0.1, -0.05) is 25.1 Å². The molecule has 2 aromatic carbocycles. The van der Waals surface area contributed by atoms with Gasteiger partial charge in [0.05, 0.1) is 18.7 Å². The van der Waals surface area contributed by atoms with Crippen molar-refractivity contribution < 1.29 is 28.5 Å². The van der Waals surface area contributed by atoms with Crippen LogP contribution in [0.5, 0.6) is 23.0 Å². The van der Waals surface area contributed by atoms with Crippen LogP contribution in [0.25, 0.3) is 0 Å². The summed E-state index contributed by atoms with van der Waals surface area (Å²) in [7, 11) is 0. The number of hydrogen-bond acceptors (Lipinski definition) is 6. The monoisotopic (exact) mass is 385 g/mol. The summed E-state index contributed by atoms with van der Waals surface area (Å²) in [6.07, 6.45) is 0.235. The Kier molecular flexibility index (Phi) is 6.37.